The Kier molecular flexibility index (Phi) is 2.90. The normalized spacial score (nSPS) is 12.7. The van der Waals surface area contributed by atoms with Crippen LogP contribution in [0.1, 0.15) is 0 Å². The van der Waals surface area contributed by atoms with Gasteiger partial charge in [0, 0.05) is 0 Å². The Morgan fingerprint density at radius 2 is 1.89 bits per heavy atom. The lowest BCUT2D eigenvalue weighted by Gasteiger charge is -2.13. The van der Waals surface area contributed by atoms with Gasteiger partial charge in [0.2, 0.25) is 0 Å². The number of hydrogen-bond acceptors (Lipinski definition) is 1. The predicted octanol–water partition coefficient (Wildman–Crippen LogP) is 1.57. The van der Waals surface area contributed by atoms with E-state index in [1.165, 1.54) is 0 Å². The van der Waals surface area contributed by atoms with Crippen LogP contribution in [0.2, 0.25) is 0 Å². The summed E-state index contributed by atoms with van der Waals surface area (Å²) in [6.45, 7) is 3.50. The first kappa shape index (κ1) is 8.68. The van der Waals surface area contributed by atoms with Crippen LogP contribution in [0.25, 0.3) is 0 Å². The van der Waals surface area contributed by atoms with Crippen LogP contribution in [0, 0.1) is 6.92 Å². The minimum atomic E-state index is -4.41. The van der Waals surface area contributed by atoms with Gasteiger partial charge in [-0.1, -0.05) is 0 Å². The van der Waals surface area contributed by atoms with Crippen molar-refractivity contribution in [3.05, 3.63) is 6.92 Å². The average molecular weight is 144 g/mol. The van der Waals surface area contributed by atoms with Gasteiger partial charge in [-0.2, -0.15) is 8.78 Å². The quantitative estimate of drug-likeness (QED) is 0.546. The summed E-state index contributed by atoms with van der Waals surface area (Å²) in [5, 5.41) is 0. The molecule has 0 atom stereocenters. The van der Waals surface area contributed by atoms with Gasteiger partial charge in [-0.3, -0.25) is 0 Å². The minimum absolute atomic E-state index is 0.919. The molecule has 0 heterocycles. The van der Waals surface area contributed by atoms with Gasteiger partial charge in [-0.25, -0.2) is 8.78 Å². The molecule has 0 aliphatic rings. The fourth-order valence-corrected chi connectivity index (χ4v) is 0.174. The van der Waals surface area contributed by atoms with Crippen LogP contribution < -0.4 is 0 Å². The molecule has 0 N–H and O–H groups in total. The maximum atomic E-state index is 11.5. The van der Waals surface area contributed by atoms with Crippen molar-refractivity contribution in [2.45, 2.75) is 12.5 Å². The van der Waals surface area contributed by atoms with Crippen molar-refractivity contribution >= 4 is 0 Å². The smallest absolute Gasteiger partial charge is 0.316 e. The zero-order valence-corrected chi connectivity index (χ0v) is 4.28. The molecule has 5 heteroatoms. The molecular weight excluding hydrogens is 140 g/mol. The van der Waals surface area contributed by atoms with E-state index in [9.17, 15) is 17.6 Å². The van der Waals surface area contributed by atoms with Crippen LogP contribution in [-0.2, 0) is 4.74 Å². The first-order valence-electron chi connectivity index (χ1n) is 2.00. The first-order chi connectivity index (χ1) is 4.00. The molecule has 0 saturated carbocycles. The van der Waals surface area contributed by atoms with E-state index in [-0.39, 0.29) is 0 Å². The molecule has 0 rings (SSSR count). The summed E-state index contributed by atoms with van der Waals surface area (Å²) in [6.07, 6.45) is -8.23. The van der Waals surface area contributed by atoms with E-state index in [4.69, 9.17) is 0 Å². The van der Waals surface area contributed by atoms with Gasteiger partial charge in [-0.05, 0) is 6.92 Å². The van der Waals surface area contributed by atoms with Crippen molar-refractivity contribution in [2.75, 3.05) is 6.61 Å². The van der Waals surface area contributed by atoms with E-state index in [1.54, 1.807) is 0 Å². The van der Waals surface area contributed by atoms with Crippen LogP contribution in [-0.4, -0.2) is 19.1 Å². The van der Waals surface area contributed by atoms with Crippen molar-refractivity contribution in [2.24, 2.45) is 0 Å². The summed E-state index contributed by atoms with van der Waals surface area (Å²) in [7, 11) is 0. The lowest BCUT2D eigenvalue weighted by molar-refractivity contribution is -0.295. The van der Waals surface area contributed by atoms with E-state index >= 15 is 0 Å². The van der Waals surface area contributed by atoms with E-state index in [2.05, 4.69) is 11.7 Å². The summed E-state index contributed by atoms with van der Waals surface area (Å²) in [6, 6.07) is 0. The molecule has 0 aromatic rings. The molecule has 9 heavy (non-hydrogen) atoms. The number of hydrogen-bond donors (Lipinski definition) is 0. The molecule has 0 aliphatic carbocycles. The molecule has 1 nitrogen and oxygen atoms in total. The highest BCUT2D eigenvalue weighted by atomic mass is 19.3. The summed E-state index contributed by atoms with van der Waals surface area (Å²) in [4.78, 5) is 0. The Morgan fingerprint density at radius 3 is 2.00 bits per heavy atom. The van der Waals surface area contributed by atoms with Crippen molar-refractivity contribution in [3.8, 4) is 0 Å². The maximum Gasteiger partial charge on any atom is 0.416 e. The third-order valence-corrected chi connectivity index (χ3v) is 0.530. The number of alkyl halides is 4. The summed E-state index contributed by atoms with van der Waals surface area (Å²) in [5.41, 5.74) is 0. The Bertz CT molecular complexity index is 82.6. The lowest BCUT2D eigenvalue weighted by atomic mass is 10.6. The highest BCUT2D eigenvalue weighted by Gasteiger charge is 2.41. The van der Waals surface area contributed by atoms with E-state index in [0.29, 0.717) is 0 Å². The van der Waals surface area contributed by atoms with Gasteiger partial charge in [0.05, 0.1) is 6.61 Å². The van der Waals surface area contributed by atoms with Crippen LogP contribution in [0.5, 0.6) is 0 Å². The molecule has 0 aliphatic heterocycles. The van der Waals surface area contributed by atoms with Crippen molar-refractivity contribution < 1.29 is 22.3 Å². The molecule has 0 unspecified atom stereocenters. The Labute approximate surface area is 49.6 Å². The Hall–Kier alpha value is -0.320. The van der Waals surface area contributed by atoms with Crippen LogP contribution in [0.4, 0.5) is 17.6 Å². The fourth-order valence-electron chi connectivity index (χ4n) is 0.174. The summed E-state index contributed by atoms with van der Waals surface area (Å²) >= 11 is 0. The third kappa shape index (κ3) is 2.64. The highest BCUT2D eigenvalue weighted by molar-refractivity contribution is 4.54. The van der Waals surface area contributed by atoms with Crippen molar-refractivity contribution in [3.63, 3.8) is 0 Å². The van der Waals surface area contributed by atoms with Gasteiger partial charge in [-0.15, -0.1) is 0 Å². The number of rotatable bonds is 3. The van der Waals surface area contributed by atoms with E-state index in [1.807, 2.05) is 0 Å². The van der Waals surface area contributed by atoms with Crippen LogP contribution >= 0.6 is 0 Å². The second-order valence-electron chi connectivity index (χ2n) is 1.17. The minimum Gasteiger partial charge on any atom is -0.316 e. The predicted molar refractivity (Wildman–Crippen MR) is 21.2 cm³/mol. The van der Waals surface area contributed by atoms with Crippen LogP contribution in [0.15, 0.2) is 0 Å². The van der Waals surface area contributed by atoms with E-state index in [0.717, 1.165) is 0 Å². The summed E-state index contributed by atoms with van der Waals surface area (Å²) < 4.78 is 48.3. The second kappa shape index (κ2) is 3.00. The largest absolute Gasteiger partial charge is 0.416 e. The molecule has 0 amide bonds. The van der Waals surface area contributed by atoms with Crippen LogP contribution in [0.3, 0.4) is 0 Å². The van der Waals surface area contributed by atoms with Crippen molar-refractivity contribution in [1.82, 2.24) is 0 Å². The van der Waals surface area contributed by atoms with Gasteiger partial charge in [0.25, 0.3) is 0 Å². The molecule has 0 fully saturated rings. The molecular formula is C4H4F4O. The van der Waals surface area contributed by atoms with Crippen molar-refractivity contribution in [1.29, 1.82) is 0 Å². The molecule has 0 aromatic heterocycles. The zero-order valence-electron chi connectivity index (χ0n) is 4.28. The topological polar surface area (TPSA) is 9.23 Å². The molecule has 0 spiro atoms. The lowest BCUT2D eigenvalue weighted by Crippen LogP contribution is -2.29. The van der Waals surface area contributed by atoms with E-state index < -0.39 is 19.1 Å². The molecule has 0 saturated heterocycles. The number of halogens is 4. The number of ether oxygens (including phenoxy) is 1. The fraction of sp³-hybridized carbons (Fsp3) is 0.750. The monoisotopic (exact) mass is 144 g/mol. The maximum absolute atomic E-state index is 11.5. The SMILES string of the molecule is [CH]COC(F)(F)C(F)F. The van der Waals surface area contributed by atoms with Gasteiger partial charge in [0.1, 0.15) is 0 Å². The Balaban J connectivity index is 3.70. The van der Waals surface area contributed by atoms with Gasteiger partial charge in [0.15, 0.2) is 0 Å². The summed E-state index contributed by atoms with van der Waals surface area (Å²) in [5.74, 6) is 0. The first-order valence-corrected chi connectivity index (χ1v) is 2.00. The van der Waals surface area contributed by atoms with Gasteiger partial charge >= 0.3 is 12.5 Å². The second-order valence-corrected chi connectivity index (χ2v) is 1.17. The molecule has 2 radical (unpaired) electrons. The Morgan fingerprint density at radius 1 is 1.44 bits per heavy atom. The average Bonchev–Trinajstić information content (AvgIpc) is 1.65. The van der Waals surface area contributed by atoms with Gasteiger partial charge < -0.3 is 4.74 Å². The highest BCUT2D eigenvalue weighted by Crippen LogP contribution is 2.23. The standard InChI is InChI=1S/C4H4F4O/c1-2-9-4(7,8)3(5)6/h1,3H,2H2. The molecule has 54 valence electrons. The zero-order chi connectivity index (χ0) is 7.49. The molecule has 0 aromatic carbocycles. The molecule has 0 bridgehead atoms. The third-order valence-electron chi connectivity index (χ3n) is 0.530.